The molecule has 1 fully saturated rings. The van der Waals surface area contributed by atoms with Gasteiger partial charge in [0.1, 0.15) is 5.75 Å². The van der Waals surface area contributed by atoms with E-state index in [1.54, 1.807) is 13.2 Å². The molecule has 1 N–H and O–H groups in total. The summed E-state index contributed by atoms with van der Waals surface area (Å²) in [6, 6.07) is 4.00. The second kappa shape index (κ2) is 6.83. The lowest BCUT2D eigenvalue weighted by molar-refractivity contribution is 0.407. The van der Waals surface area contributed by atoms with Gasteiger partial charge in [0.15, 0.2) is 0 Å². The van der Waals surface area contributed by atoms with Crippen LogP contribution in [0.3, 0.4) is 0 Å². The molecule has 0 amide bonds. The van der Waals surface area contributed by atoms with Gasteiger partial charge in [-0.2, -0.15) is 0 Å². The van der Waals surface area contributed by atoms with Gasteiger partial charge in [0.25, 0.3) is 0 Å². The van der Waals surface area contributed by atoms with E-state index < -0.39 is 0 Å². The quantitative estimate of drug-likeness (QED) is 0.840. The Morgan fingerprint density at radius 1 is 1.26 bits per heavy atom. The third-order valence-electron chi connectivity index (χ3n) is 4.04. The maximum atomic E-state index is 6.36. The summed E-state index contributed by atoms with van der Waals surface area (Å²) in [7, 11) is 3.58. The molecule has 1 aliphatic carbocycles. The summed E-state index contributed by atoms with van der Waals surface area (Å²) in [4.78, 5) is 0. The first-order valence-corrected chi connectivity index (χ1v) is 7.61. The van der Waals surface area contributed by atoms with Gasteiger partial charge in [0.2, 0.25) is 0 Å². The minimum Gasteiger partial charge on any atom is -0.495 e. The Labute approximate surface area is 125 Å². The number of halogens is 2. The van der Waals surface area contributed by atoms with Gasteiger partial charge >= 0.3 is 0 Å². The SMILES string of the molecule is CNC(CC1CCCC1)c1cc(Cl)c(OC)cc1Cl. The number of rotatable bonds is 5. The molecule has 0 saturated heterocycles. The molecule has 1 unspecified atom stereocenters. The van der Waals surface area contributed by atoms with Crippen LogP contribution in [-0.2, 0) is 0 Å². The highest BCUT2D eigenvalue weighted by molar-refractivity contribution is 6.34. The first-order valence-electron chi connectivity index (χ1n) is 6.86. The van der Waals surface area contributed by atoms with Crippen LogP contribution in [-0.4, -0.2) is 14.2 Å². The zero-order chi connectivity index (χ0) is 13.8. The third-order valence-corrected chi connectivity index (χ3v) is 4.66. The molecule has 0 aromatic heterocycles. The van der Waals surface area contributed by atoms with Crippen molar-refractivity contribution in [2.24, 2.45) is 5.92 Å². The minimum absolute atomic E-state index is 0.263. The summed E-state index contributed by atoms with van der Waals surface area (Å²) >= 11 is 12.6. The van der Waals surface area contributed by atoms with E-state index in [9.17, 15) is 0 Å². The number of hydrogen-bond acceptors (Lipinski definition) is 2. The lowest BCUT2D eigenvalue weighted by Crippen LogP contribution is -2.19. The standard InChI is InChI=1S/C15H21Cl2NO/c1-18-14(7-10-5-3-4-6-10)11-8-13(17)15(19-2)9-12(11)16/h8-10,14,18H,3-7H2,1-2H3. The van der Waals surface area contributed by atoms with Crippen LogP contribution in [0.15, 0.2) is 12.1 Å². The van der Waals surface area contributed by atoms with E-state index in [2.05, 4.69) is 5.32 Å². The van der Waals surface area contributed by atoms with Crippen LogP contribution in [0.2, 0.25) is 10.0 Å². The Morgan fingerprint density at radius 2 is 1.95 bits per heavy atom. The summed E-state index contributed by atoms with van der Waals surface area (Å²) in [6.45, 7) is 0. The molecule has 0 heterocycles. The highest BCUT2D eigenvalue weighted by Crippen LogP contribution is 2.38. The largest absolute Gasteiger partial charge is 0.495 e. The molecule has 0 radical (unpaired) electrons. The Kier molecular flexibility index (Phi) is 5.37. The summed E-state index contributed by atoms with van der Waals surface area (Å²) in [5.74, 6) is 1.43. The molecule has 1 aromatic carbocycles. The smallest absolute Gasteiger partial charge is 0.138 e. The Morgan fingerprint density at radius 3 is 2.53 bits per heavy atom. The molecule has 19 heavy (non-hydrogen) atoms. The topological polar surface area (TPSA) is 21.3 Å². The first kappa shape index (κ1) is 15.0. The van der Waals surface area contributed by atoms with Crippen molar-refractivity contribution in [2.45, 2.75) is 38.1 Å². The van der Waals surface area contributed by atoms with Crippen LogP contribution < -0.4 is 10.1 Å². The number of nitrogens with one attached hydrogen (secondary N) is 1. The molecular formula is C15H21Cl2NO. The Balaban J connectivity index is 2.19. The second-order valence-corrected chi connectivity index (χ2v) is 6.05. The maximum Gasteiger partial charge on any atom is 0.138 e. The van der Waals surface area contributed by atoms with E-state index in [0.717, 1.165) is 22.9 Å². The summed E-state index contributed by atoms with van der Waals surface area (Å²) in [5, 5.41) is 4.71. The van der Waals surface area contributed by atoms with E-state index in [1.165, 1.54) is 25.7 Å². The van der Waals surface area contributed by atoms with E-state index in [-0.39, 0.29) is 6.04 Å². The van der Waals surface area contributed by atoms with Gasteiger partial charge in [0.05, 0.1) is 12.1 Å². The second-order valence-electron chi connectivity index (χ2n) is 5.24. The molecule has 106 valence electrons. The average Bonchev–Trinajstić information content (AvgIpc) is 2.91. The molecule has 0 spiro atoms. The van der Waals surface area contributed by atoms with Crippen molar-refractivity contribution in [3.8, 4) is 5.75 Å². The predicted molar refractivity (Wildman–Crippen MR) is 81.4 cm³/mol. The van der Waals surface area contributed by atoms with Crippen LogP contribution in [0.4, 0.5) is 0 Å². The summed E-state index contributed by atoms with van der Waals surface area (Å²) < 4.78 is 5.19. The molecule has 1 aromatic rings. The van der Waals surface area contributed by atoms with Crippen molar-refractivity contribution in [3.05, 3.63) is 27.7 Å². The molecule has 2 nitrogen and oxygen atoms in total. The number of benzene rings is 1. The molecular weight excluding hydrogens is 281 g/mol. The van der Waals surface area contributed by atoms with Crippen molar-refractivity contribution in [3.63, 3.8) is 0 Å². The third kappa shape index (κ3) is 3.56. The number of hydrogen-bond donors (Lipinski definition) is 1. The highest BCUT2D eigenvalue weighted by Gasteiger charge is 2.22. The number of ether oxygens (including phenoxy) is 1. The van der Waals surface area contributed by atoms with Gasteiger partial charge in [-0.05, 0) is 31.0 Å². The molecule has 2 rings (SSSR count). The molecule has 0 aliphatic heterocycles. The van der Waals surface area contributed by atoms with Crippen LogP contribution in [0.5, 0.6) is 5.75 Å². The Bertz CT molecular complexity index is 430. The fourth-order valence-electron chi connectivity index (χ4n) is 2.95. The summed E-state index contributed by atoms with van der Waals surface area (Å²) in [6.07, 6.45) is 6.51. The zero-order valence-electron chi connectivity index (χ0n) is 11.5. The maximum absolute atomic E-state index is 6.36. The molecule has 4 heteroatoms. The molecule has 0 bridgehead atoms. The van der Waals surface area contributed by atoms with Gasteiger partial charge in [-0.25, -0.2) is 0 Å². The van der Waals surface area contributed by atoms with Crippen LogP contribution in [0.1, 0.15) is 43.7 Å². The minimum atomic E-state index is 0.263. The number of methoxy groups -OCH3 is 1. The van der Waals surface area contributed by atoms with Crippen molar-refractivity contribution < 1.29 is 4.74 Å². The average molecular weight is 302 g/mol. The monoisotopic (exact) mass is 301 g/mol. The van der Waals surface area contributed by atoms with Crippen molar-refractivity contribution in [1.82, 2.24) is 5.32 Å². The van der Waals surface area contributed by atoms with Crippen molar-refractivity contribution >= 4 is 23.2 Å². The van der Waals surface area contributed by atoms with Gasteiger partial charge in [-0.1, -0.05) is 48.9 Å². The first-order chi connectivity index (χ1) is 9.15. The van der Waals surface area contributed by atoms with Crippen LogP contribution in [0.25, 0.3) is 0 Å². The van der Waals surface area contributed by atoms with Gasteiger partial charge < -0.3 is 10.1 Å². The van der Waals surface area contributed by atoms with Gasteiger partial charge in [0, 0.05) is 17.1 Å². The van der Waals surface area contributed by atoms with E-state index >= 15 is 0 Å². The van der Waals surface area contributed by atoms with Gasteiger partial charge in [-0.15, -0.1) is 0 Å². The van der Waals surface area contributed by atoms with E-state index in [0.29, 0.717) is 10.8 Å². The molecule has 1 atom stereocenters. The van der Waals surface area contributed by atoms with Crippen LogP contribution in [0, 0.1) is 5.92 Å². The molecule has 1 aliphatic rings. The van der Waals surface area contributed by atoms with Gasteiger partial charge in [-0.3, -0.25) is 0 Å². The van der Waals surface area contributed by atoms with Crippen molar-refractivity contribution in [2.75, 3.05) is 14.2 Å². The lowest BCUT2D eigenvalue weighted by atomic mass is 9.93. The van der Waals surface area contributed by atoms with Crippen molar-refractivity contribution in [1.29, 1.82) is 0 Å². The fourth-order valence-corrected chi connectivity index (χ4v) is 3.48. The summed E-state index contributed by atoms with van der Waals surface area (Å²) in [5.41, 5.74) is 1.07. The van der Waals surface area contributed by atoms with E-state index in [1.807, 2.05) is 13.1 Å². The van der Waals surface area contributed by atoms with E-state index in [4.69, 9.17) is 27.9 Å². The van der Waals surface area contributed by atoms with Crippen LogP contribution >= 0.6 is 23.2 Å². The molecule has 1 saturated carbocycles. The lowest BCUT2D eigenvalue weighted by Gasteiger charge is -2.22. The fraction of sp³-hybridized carbons (Fsp3) is 0.600. The normalized spacial score (nSPS) is 17.7. The Hall–Kier alpha value is -0.440. The zero-order valence-corrected chi connectivity index (χ0v) is 13.0. The predicted octanol–water partition coefficient (Wildman–Crippen LogP) is 4.84. The highest BCUT2D eigenvalue weighted by atomic mass is 35.5.